The average Bonchev–Trinajstić information content (AvgIpc) is 2.89. The molecule has 2 atom stereocenters. The number of rotatable bonds is 4. The molecule has 110 valence electrons. The lowest BCUT2D eigenvalue weighted by Gasteiger charge is -2.25. The fraction of sp³-hybridized carbons (Fsp3) is 0.500. The molecule has 2 N–H and O–H groups in total. The summed E-state index contributed by atoms with van der Waals surface area (Å²) in [5.41, 5.74) is -1.68. The lowest BCUT2D eigenvalue weighted by molar-refractivity contribution is -0.131. The van der Waals surface area contributed by atoms with E-state index in [0.29, 0.717) is 19.1 Å². The Balaban J connectivity index is 2.01. The Bertz CT molecular complexity index is 499. The lowest BCUT2D eigenvalue weighted by Crippen LogP contribution is -2.43. The predicted molar refractivity (Wildman–Crippen MR) is 67.9 cm³/mol. The summed E-state index contributed by atoms with van der Waals surface area (Å²) < 4.78 is 31.7. The summed E-state index contributed by atoms with van der Waals surface area (Å²) in [4.78, 5) is 11.8. The second-order valence-corrected chi connectivity index (χ2v) is 5.12. The van der Waals surface area contributed by atoms with Crippen molar-refractivity contribution in [3.8, 4) is 0 Å². The van der Waals surface area contributed by atoms with Crippen LogP contribution in [0.1, 0.15) is 25.3 Å². The third-order valence-electron chi connectivity index (χ3n) is 3.34. The summed E-state index contributed by atoms with van der Waals surface area (Å²) in [6.45, 7) is 1.73. The van der Waals surface area contributed by atoms with Crippen molar-refractivity contribution in [2.24, 2.45) is 0 Å². The highest BCUT2D eigenvalue weighted by Crippen LogP contribution is 2.23. The van der Waals surface area contributed by atoms with Gasteiger partial charge >= 0.3 is 0 Å². The monoisotopic (exact) mass is 285 g/mol. The summed E-state index contributed by atoms with van der Waals surface area (Å²) in [5, 5.41) is 12.8. The summed E-state index contributed by atoms with van der Waals surface area (Å²) in [6, 6.07) is 2.93. The zero-order chi connectivity index (χ0) is 14.8. The lowest BCUT2D eigenvalue weighted by atomic mass is 9.95. The Morgan fingerprint density at radius 2 is 2.30 bits per heavy atom. The first-order valence-electron chi connectivity index (χ1n) is 6.47. The number of halogens is 2. The van der Waals surface area contributed by atoms with Gasteiger partial charge in [0.15, 0.2) is 0 Å². The number of nitrogens with one attached hydrogen (secondary N) is 1. The van der Waals surface area contributed by atoms with Crippen molar-refractivity contribution in [3.63, 3.8) is 0 Å². The van der Waals surface area contributed by atoms with Crippen LogP contribution in [0.25, 0.3) is 0 Å². The first kappa shape index (κ1) is 14.9. The minimum atomic E-state index is -1.62. The van der Waals surface area contributed by atoms with E-state index in [4.69, 9.17) is 4.74 Å². The van der Waals surface area contributed by atoms with Gasteiger partial charge in [-0.1, -0.05) is 6.07 Å². The number of carbonyl (C=O) groups is 1. The molecule has 20 heavy (non-hydrogen) atoms. The molecule has 1 aliphatic heterocycles. The van der Waals surface area contributed by atoms with Gasteiger partial charge in [-0.3, -0.25) is 4.79 Å². The molecule has 2 unspecified atom stereocenters. The van der Waals surface area contributed by atoms with Gasteiger partial charge in [0.1, 0.15) is 23.3 Å². The van der Waals surface area contributed by atoms with E-state index in [1.165, 1.54) is 13.0 Å². The van der Waals surface area contributed by atoms with Crippen LogP contribution in [0.2, 0.25) is 0 Å². The van der Waals surface area contributed by atoms with Crippen LogP contribution in [-0.2, 0) is 15.1 Å². The topological polar surface area (TPSA) is 58.6 Å². The molecule has 1 aromatic carbocycles. The normalized spacial score (nSPS) is 21.5. The molecular weight excluding hydrogens is 268 g/mol. The average molecular weight is 285 g/mol. The maximum Gasteiger partial charge on any atom is 0.249 e. The number of hydrogen-bond acceptors (Lipinski definition) is 3. The van der Waals surface area contributed by atoms with Gasteiger partial charge in [0.2, 0.25) is 5.91 Å². The maximum absolute atomic E-state index is 13.6. The molecule has 1 amide bonds. The molecule has 4 nitrogen and oxygen atoms in total. The number of carbonyl (C=O) groups excluding carboxylic acids is 1. The molecule has 2 rings (SSSR count). The van der Waals surface area contributed by atoms with Crippen molar-refractivity contribution >= 4 is 5.91 Å². The molecule has 1 fully saturated rings. The number of amides is 1. The molecule has 0 spiro atoms. The van der Waals surface area contributed by atoms with E-state index < -0.39 is 23.3 Å². The summed E-state index contributed by atoms with van der Waals surface area (Å²) in [7, 11) is 0. The van der Waals surface area contributed by atoms with Gasteiger partial charge in [0, 0.05) is 18.2 Å². The summed E-state index contributed by atoms with van der Waals surface area (Å²) in [5.74, 6) is -1.89. The van der Waals surface area contributed by atoms with E-state index in [-0.39, 0.29) is 18.0 Å². The molecule has 1 aliphatic rings. The van der Waals surface area contributed by atoms with Crippen LogP contribution >= 0.6 is 0 Å². The molecule has 0 aliphatic carbocycles. The van der Waals surface area contributed by atoms with Gasteiger partial charge in [-0.2, -0.15) is 0 Å². The minimum Gasteiger partial charge on any atom is -0.383 e. The molecule has 0 radical (unpaired) electrons. The number of hydrogen-bond donors (Lipinski definition) is 2. The van der Waals surface area contributed by atoms with Crippen molar-refractivity contribution in [1.82, 2.24) is 5.32 Å². The van der Waals surface area contributed by atoms with E-state index in [9.17, 15) is 18.7 Å². The highest BCUT2D eigenvalue weighted by atomic mass is 19.1. The fourth-order valence-electron chi connectivity index (χ4n) is 2.18. The van der Waals surface area contributed by atoms with Gasteiger partial charge in [0.05, 0.1) is 6.54 Å². The zero-order valence-corrected chi connectivity index (χ0v) is 11.2. The standard InChI is InChI=1S/C14H17F2NO3/c1-14(19,10-5-4-9(15)7-11(10)16)8-17-13(18)12-3-2-6-20-12/h4-5,7,12,19H,2-3,6,8H2,1H3,(H,17,18). The highest BCUT2D eigenvalue weighted by Gasteiger charge is 2.30. The van der Waals surface area contributed by atoms with E-state index in [2.05, 4.69) is 5.32 Å². The summed E-state index contributed by atoms with van der Waals surface area (Å²) >= 11 is 0. The Morgan fingerprint density at radius 1 is 1.55 bits per heavy atom. The van der Waals surface area contributed by atoms with Gasteiger partial charge in [-0.05, 0) is 25.8 Å². The van der Waals surface area contributed by atoms with Gasteiger partial charge in [-0.15, -0.1) is 0 Å². The first-order chi connectivity index (χ1) is 9.40. The zero-order valence-electron chi connectivity index (χ0n) is 11.2. The molecule has 0 aromatic heterocycles. The van der Waals surface area contributed by atoms with Crippen molar-refractivity contribution in [1.29, 1.82) is 0 Å². The Kier molecular flexibility index (Phi) is 4.35. The van der Waals surface area contributed by atoms with E-state index in [1.54, 1.807) is 0 Å². The Morgan fingerprint density at radius 3 is 2.90 bits per heavy atom. The van der Waals surface area contributed by atoms with E-state index in [0.717, 1.165) is 12.5 Å². The van der Waals surface area contributed by atoms with Gasteiger partial charge < -0.3 is 15.2 Å². The largest absolute Gasteiger partial charge is 0.383 e. The second-order valence-electron chi connectivity index (χ2n) is 5.12. The van der Waals surface area contributed by atoms with Crippen LogP contribution in [0.5, 0.6) is 0 Å². The minimum absolute atomic E-state index is 0.0634. The Labute approximate surface area is 115 Å². The van der Waals surface area contributed by atoms with Crippen molar-refractivity contribution in [2.45, 2.75) is 31.5 Å². The molecule has 0 bridgehead atoms. The number of benzene rings is 1. The molecular formula is C14H17F2NO3. The van der Waals surface area contributed by atoms with Crippen LogP contribution in [-0.4, -0.2) is 30.3 Å². The predicted octanol–water partition coefficient (Wildman–Crippen LogP) is 1.47. The molecule has 1 aromatic rings. The third-order valence-corrected chi connectivity index (χ3v) is 3.34. The quantitative estimate of drug-likeness (QED) is 0.880. The smallest absolute Gasteiger partial charge is 0.249 e. The van der Waals surface area contributed by atoms with Crippen molar-refractivity contribution in [3.05, 3.63) is 35.4 Å². The van der Waals surface area contributed by atoms with E-state index in [1.807, 2.05) is 0 Å². The second kappa shape index (κ2) is 5.85. The molecule has 0 saturated carbocycles. The maximum atomic E-state index is 13.6. The molecule has 1 saturated heterocycles. The van der Waals surface area contributed by atoms with Crippen LogP contribution in [0, 0.1) is 11.6 Å². The number of aliphatic hydroxyl groups is 1. The highest BCUT2D eigenvalue weighted by molar-refractivity contribution is 5.81. The number of ether oxygens (including phenoxy) is 1. The van der Waals surface area contributed by atoms with E-state index >= 15 is 0 Å². The molecule has 6 heteroatoms. The third kappa shape index (κ3) is 3.32. The van der Waals surface area contributed by atoms with Crippen molar-refractivity contribution in [2.75, 3.05) is 13.2 Å². The first-order valence-corrected chi connectivity index (χ1v) is 6.47. The van der Waals surface area contributed by atoms with Crippen LogP contribution < -0.4 is 5.32 Å². The van der Waals surface area contributed by atoms with Gasteiger partial charge in [0.25, 0.3) is 0 Å². The fourth-order valence-corrected chi connectivity index (χ4v) is 2.18. The van der Waals surface area contributed by atoms with Gasteiger partial charge in [-0.25, -0.2) is 8.78 Å². The van der Waals surface area contributed by atoms with Crippen LogP contribution in [0.15, 0.2) is 18.2 Å². The molecule has 1 heterocycles. The Hall–Kier alpha value is -1.53. The van der Waals surface area contributed by atoms with Crippen molar-refractivity contribution < 1.29 is 23.4 Å². The summed E-state index contributed by atoms with van der Waals surface area (Å²) in [6.07, 6.45) is 0.948. The van der Waals surface area contributed by atoms with Crippen LogP contribution in [0.4, 0.5) is 8.78 Å². The SMILES string of the molecule is CC(O)(CNC(=O)C1CCCO1)c1ccc(F)cc1F. The van der Waals surface area contributed by atoms with Crippen LogP contribution in [0.3, 0.4) is 0 Å².